The van der Waals surface area contributed by atoms with E-state index in [2.05, 4.69) is 26.2 Å². The van der Waals surface area contributed by atoms with E-state index in [1.807, 2.05) is 18.5 Å². The average Bonchev–Trinajstić information content (AvgIpc) is 3.10. The monoisotopic (exact) mass is 674 g/mol. The van der Waals surface area contributed by atoms with Gasteiger partial charge in [0.1, 0.15) is 0 Å². The molecule has 0 saturated carbocycles. The summed E-state index contributed by atoms with van der Waals surface area (Å²) in [5, 5.41) is 24.1. The second kappa shape index (κ2) is 18.3. The van der Waals surface area contributed by atoms with Crippen LogP contribution in [0.1, 0.15) is 18.4 Å². The molecule has 3 rings (SSSR count). The van der Waals surface area contributed by atoms with Gasteiger partial charge in [-0.05, 0) is 31.0 Å². The molecule has 1 unspecified atom stereocenters. The molecule has 0 bridgehead atoms. The van der Waals surface area contributed by atoms with Crippen LogP contribution in [0.3, 0.4) is 0 Å². The first-order valence-corrected chi connectivity index (χ1v) is 12.5. The van der Waals surface area contributed by atoms with Crippen molar-refractivity contribution < 1.29 is 78.7 Å². The van der Waals surface area contributed by atoms with Gasteiger partial charge in [-0.25, -0.2) is 14.4 Å². The second-order valence-electron chi connectivity index (χ2n) is 9.52. The van der Waals surface area contributed by atoms with Crippen molar-refractivity contribution in [3.05, 3.63) is 30.1 Å². The summed E-state index contributed by atoms with van der Waals surface area (Å²) in [6.07, 6.45) is -9.14. The van der Waals surface area contributed by atoms with Crippen LogP contribution in [0, 0.1) is 5.41 Å². The van der Waals surface area contributed by atoms with Gasteiger partial charge in [0.15, 0.2) is 0 Å². The number of aliphatic carboxylic acids is 3. The van der Waals surface area contributed by atoms with Crippen LogP contribution >= 0.6 is 0 Å². The minimum atomic E-state index is -5.08. The quantitative estimate of drug-likeness (QED) is 0.347. The average molecular weight is 675 g/mol. The molecule has 1 aromatic heterocycles. The molecule has 1 atom stereocenters. The fourth-order valence-corrected chi connectivity index (χ4v) is 3.94. The van der Waals surface area contributed by atoms with Crippen LogP contribution in [-0.2, 0) is 30.5 Å². The molecule has 2 aliphatic heterocycles. The van der Waals surface area contributed by atoms with Crippen LogP contribution < -0.4 is 5.32 Å². The lowest BCUT2D eigenvalue weighted by atomic mass is 9.80. The number of hydrogen-bond acceptors (Lipinski definition) is 8. The summed E-state index contributed by atoms with van der Waals surface area (Å²) >= 11 is 0. The molecule has 3 heterocycles. The SMILES string of the molecule is CNC(=O)CN1CCOCC2(CCCN(Cc3cccnc3)C2)C1.O=C(O)C(F)(F)F.O=C(O)C(F)(F)F.O=C(O)C(F)(F)F. The third kappa shape index (κ3) is 18.0. The van der Waals surface area contributed by atoms with Crippen molar-refractivity contribution in [1.29, 1.82) is 0 Å². The van der Waals surface area contributed by atoms with Crippen LogP contribution in [0.15, 0.2) is 24.5 Å². The number of hydrogen-bond donors (Lipinski definition) is 4. The fraction of sp³-hybridized carbons (Fsp3) is 0.625. The number of carbonyl (C=O) groups is 4. The molecular formula is C24H31F9N4O8. The van der Waals surface area contributed by atoms with Crippen molar-refractivity contribution >= 4 is 23.8 Å². The molecule has 0 aromatic carbocycles. The smallest absolute Gasteiger partial charge is 0.475 e. The Morgan fingerprint density at radius 1 is 0.889 bits per heavy atom. The molecule has 2 fully saturated rings. The highest BCUT2D eigenvalue weighted by molar-refractivity contribution is 5.77. The molecule has 0 radical (unpaired) electrons. The maximum Gasteiger partial charge on any atom is 0.490 e. The third-order valence-electron chi connectivity index (χ3n) is 5.76. The number of carbonyl (C=O) groups excluding carboxylic acids is 1. The number of halogens is 9. The van der Waals surface area contributed by atoms with Gasteiger partial charge in [-0.3, -0.25) is 19.6 Å². The summed E-state index contributed by atoms with van der Waals surface area (Å²) in [6.45, 7) is 6.80. The molecule has 1 aromatic rings. The van der Waals surface area contributed by atoms with Crippen molar-refractivity contribution in [3.8, 4) is 0 Å². The zero-order chi connectivity index (χ0) is 35.1. The van der Waals surface area contributed by atoms with Crippen LogP contribution in [0.5, 0.6) is 0 Å². The Hall–Kier alpha value is -3.72. The van der Waals surface area contributed by atoms with Gasteiger partial charge in [0.05, 0.1) is 19.8 Å². The number of likely N-dealkylation sites (N-methyl/N-ethyl adjacent to an activating group) is 1. The van der Waals surface area contributed by atoms with Crippen LogP contribution in [0.4, 0.5) is 39.5 Å². The van der Waals surface area contributed by atoms with E-state index in [-0.39, 0.29) is 11.3 Å². The number of carboxylic acids is 3. The summed E-state index contributed by atoms with van der Waals surface area (Å²) < 4.78 is 101. The van der Waals surface area contributed by atoms with Gasteiger partial charge in [-0.2, -0.15) is 39.5 Å². The molecule has 45 heavy (non-hydrogen) atoms. The normalized spacial score (nSPS) is 19.2. The topological polar surface area (TPSA) is 170 Å². The lowest BCUT2D eigenvalue weighted by Gasteiger charge is -2.43. The molecule has 12 nitrogen and oxygen atoms in total. The van der Waals surface area contributed by atoms with E-state index in [0.29, 0.717) is 13.2 Å². The van der Waals surface area contributed by atoms with Gasteiger partial charge < -0.3 is 25.4 Å². The number of nitrogens with zero attached hydrogens (tertiary/aromatic N) is 3. The predicted octanol–water partition coefficient (Wildman–Crippen LogP) is 2.64. The molecule has 1 spiro atoms. The summed E-state index contributed by atoms with van der Waals surface area (Å²) in [7, 11) is 1.70. The Morgan fingerprint density at radius 2 is 1.38 bits per heavy atom. The van der Waals surface area contributed by atoms with Gasteiger partial charge in [0.2, 0.25) is 5.91 Å². The van der Waals surface area contributed by atoms with Crippen molar-refractivity contribution in [2.24, 2.45) is 5.41 Å². The molecule has 21 heteroatoms. The largest absolute Gasteiger partial charge is 0.490 e. The lowest BCUT2D eigenvalue weighted by molar-refractivity contribution is -0.193. The Bertz CT molecular complexity index is 1030. The Kier molecular flexibility index (Phi) is 16.8. The van der Waals surface area contributed by atoms with E-state index in [1.54, 1.807) is 7.05 Å². The van der Waals surface area contributed by atoms with Gasteiger partial charge in [-0.15, -0.1) is 0 Å². The van der Waals surface area contributed by atoms with Crippen molar-refractivity contribution in [2.75, 3.05) is 53.0 Å². The van der Waals surface area contributed by atoms with Gasteiger partial charge >= 0.3 is 36.4 Å². The van der Waals surface area contributed by atoms with Crippen LogP contribution in [0.2, 0.25) is 0 Å². The maximum absolute atomic E-state index is 11.8. The first kappa shape index (κ1) is 41.3. The Labute approximate surface area is 249 Å². The maximum atomic E-state index is 11.8. The van der Waals surface area contributed by atoms with E-state index >= 15 is 0 Å². The number of likely N-dealkylation sites (tertiary alicyclic amines) is 1. The number of nitrogens with one attached hydrogen (secondary N) is 1. The van der Waals surface area contributed by atoms with Crippen molar-refractivity contribution in [1.82, 2.24) is 20.1 Å². The van der Waals surface area contributed by atoms with Crippen molar-refractivity contribution in [2.45, 2.75) is 37.9 Å². The summed E-state index contributed by atoms with van der Waals surface area (Å²) in [5.74, 6) is -8.19. The van der Waals surface area contributed by atoms with Crippen molar-refractivity contribution in [3.63, 3.8) is 0 Å². The molecule has 2 saturated heterocycles. The number of carboxylic acid groups (broad SMARTS) is 3. The van der Waals surface area contributed by atoms with Crippen LogP contribution in [-0.4, -0.2) is 125 Å². The minimum absolute atomic E-state index is 0.0788. The van der Waals surface area contributed by atoms with E-state index in [9.17, 15) is 44.3 Å². The third-order valence-corrected chi connectivity index (χ3v) is 5.76. The number of rotatable bonds is 4. The number of pyridine rings is 1. The van der Waals surface area contributed by atoms with E-state index in [0.717, 1.165) is 39.3 Å². The number of amides is 1. The first-order chi connectivity index (χ1) is 20.5. The van der Waals surface area contributed by atoms with Crippen LogP contribution in [0.25, 0.3) is 0 Å². The predicted molar refractivity (Wildman–Crippen MR) is 134 cm³/mol. The molecule has 4 N–H and O–H groups in total. The number of alkyl halides is 9. The molecule has 258 valence electrons. The van der Waals surface area contributed by atoms with E-state index < -0.39 is 36.4 Å². The van der Waals surface area contributed by atoms with E-state index in [4.69, 9.17) is 34.4 Å². The molecule has 2 aliphatic rings. The minimum Gasteiger partial charge on any atom is -0.475 e. The number of aromatic nitrogens is 1. The lowest BCUT2D eigenvalue weighted by Crippen LogP contribution is -2.51. The highest BCUT2D eigenvalue weighted by Crippen LogP contribution is 2.33. The molecular weight excluding hydrogens is 643 g/mol. The summed E-state index contributed by atoms with van der Waals surface area (Å²) in [4.78, 5) is 47.4. The zero-order valence-corrected chi connectivity index (χ0v) is 23.5. The summed E-state index contributed by atoms with van der Waals surface area (Å²) in [6, 6.07) is 4.13. The van der Waals surface area contributed by atoms with Gasteiger partial charge in [0.25, 0.3) is 0 Å². The highest BCUT2D eigenvalue weighted by atomic mass is 19.4. The summed E-state index contributed by atoms with van der Waals surface area (Å²) in [5.41, 5.74) is 1.39. The Balaban J connectivity index is 0.000000753. The van der Waals surface area contributed by atoms with Gasteiger partial charge in [-0.1, -0.05) is 6.07 Å². The molecule has 1 amide bonds. The highest BCUT2D eigenvalue weighted by Gasteiger charge is 2.40. The number of piperidine rings is 1. The van der Waals surface area contributed by atoms with Gasteiger partial charge in [0, 0.05) is 51.0 Å². The Morgan fingerprint density at radius 3 is 1.80 bits per heavy atom. The fourth-order valence-electron chi connectivity index (χ4n) is 3.94. The first-order valence-electron chi connectivity index (χ1n) is 12.5. The molecule has 0 aliphatic carbocycles. The van der Waals surface area contributed by atoms with E-state index in [1.165, 1.54) is 18.4 Å². The standard InChI is InChI=1S/C18H28N4O2.3C2HF3O2/c1-19-17(23)12-22-8-9-24-15-18(14-22)5-3-7-21(13-18)11-16-4-2-6-20-10-16;3*3-2(4,5)1(6)7/h2,4,6,10H,3,5,7-9,11-15H2,1H3,(H,19,23);3*(H,6,7). The zero-order valence-electron chi connectivity index (χ0n) is 23.5. The second-order valence-corrected chi connectivity index (χ2v) is 9.52. The number of ether oxygens (including phenoxy) is 1.